The van der Waals surface area contributed by atoms with Crippen molar-refractivity contribution in [1.29, 1.82) is 0 Å². The maximum Gasteiger partial charge on any atom is 0.264 e. The van der Waals surface area contributed by atoms with Gasteiger partial charge in [-0.3, -0.25) is 4.79 Å². The van der Waals surface area contributed by atoms with Gasteiger partial charge in [-0.1, -0.05) is 12.1 Å². The molecule has 1 N–H and O–H groups in total. The van der Waals surface area contributed by atoms with Gasteiger partial charge in [0, 0.05) is 19.7 Å². The largest absolute Gasteiger partial charge is 0.494 e. The fourth-order valence-corrected chi connectivity index (χ4v) is 2.43. The maximum absolute atomic E-state index is 12.2. The van der Waals surface area contributed by atoms with Crippen molar-refractivity contribution in [2.75, 3.05) is 6.61 Å². The lowest BCUT2D eigenvalue weighted by atomic mass is 10.2. The van der Waals surface area contributed by atoms with Gasteiger partial charge in [-0.2, -0.15) is 0 Å². The SMILES string of the molecule is CCOc1ccc(CNC(=O)Cn2cccc2-c2nnc(C)o2)cc1. The zero-order valence-electron chi connectivity index (χ0n) is 14.2. The van der Waals surface area contributed by atoms with Crippen LogP contribution in [-0.4, -0.2) is 27.3 Å². The van der Waals surface area contributed by atoms with Crippen molar-refractivity contribution >= 4 is 5.91 Å². The van der Waals surface area contributed by atoms with E-state index in [-0.39, 0.29) is 12.5 Å². The first-order valence-electron chi connectivity index (χ1n) is 8.09. The highest BCUT2D eigenvalue weighted by Gasteiger charge is 2.13. The predicted octanol–water partition coefficient (Wildman–Crippen LogP) is 2.56. The molecule has 0 radical (unpaired) electrons. The second-order valence-corrected chi connectivity index (χ2v) is 5.50. The summed E-state index contributed by atoms with van der Waals surface area (Å²) in [6.07, 6.45) is 1.81. The van der Waals surface area contributed by atoms with Crippen molar-refractivity contribution in [2.24, 2.45) is 0 Å². The highest BCUT2D eigenvalue weighted by molar-refractivity contribution is 5.76. The molecule has 0 saturated heterocycles. The van der Waals surface area contributed by atoms with Crippen molar-refractivity contribution in [3.63, 3.8) is 0 Å². The number of amides is 1. The van der Waals surface area contributed by atoms with Crippen molar-refractivity contribution in [3.05, 3.63) is 54.0 Å². The second-order valence-electron chi connectivity index (χ2n) is 5.50. The van der Waals surface area contributed by atoms with Gasteiger partial charge in [0.25, 0.3) is 5.89 Å². The number of benzene rings is 1. The van der Waals surface area contributed by atoms with E-state index < -0.39 is 0 Å². The number of rotatable bonds is 7. The molecule has 0 bridgehead atoms. The summed E-state index contributed by atoms with van der Waals surface area (Å²) in [4.78, 5) is 12.2. The van der Waals surface area contributed by atoms with Crippen LogP contribution in [0.2, 0.25) is 0 Å². The second kappa shape index (κ2) is 7.65. The van der Waals surface area contributed by atoms with Crippen LogP contribution in [0.15, 0.2) is 47.0 Å². The molecule has 1 aromatic carbocycles. The minimum Gasteiger partial charge on any atom is -0.494 e. The van der Waals surface area contributed by atoms with E-state index in [1.165, 1.54) is 0 Å². The zero-order valence-corrected chi connectivity index (χ0v) is 14.2. The van der Waals surface area contributed by atoms with E-state index >= 15 is 0 Å². The third-order valence-corrected chi connectivity index (χ3v) is 3.61. The van der Waals surface area contributed by atoms with Crippen LogP contribution < -0.4 is 10.1 Å². The monoisotopic (exact) mass is 340 g/mol. The van der Waals surface area contributed by atoms with Crippen molar-refractivity contribution < 1.29 is 13.9 Å². The average molecular weight is 340 g/mol. The summed E-state index contributed by atoms with van der Waals surface area (Å²) in [5, 5.41) is 10.7. The number of hydrogen-bond donors (Lipinski definition) is 1. The molecule has 3 rings (SSSR count). The fraction of sp³-hybridized carbons (Fsp3) is 0.278. The predicted molar refractivity (Wildman–Crippen MR) is 91.9 cm³/mol. The molecule has 0 unspecified atom stereocenters. The molecule has 2 heterocycles. The molecule has 0 saturated carbocycles. The highest BCUT2D eigenvalue weighted by atomic mass is 16.5. The molecule has 0 atom stereocenters. The van der Waals surface area contributed by atoms with Crippen molar-refractivity contribution in [1.82, 2.24) is 20.1 Å². The molecular weight excluding hydrogens is 320 g/mol. The normalized spacial score (nSPS) is 10.6. The molecular formula is C18H20N4O3. The summed E-state index contributed by atoms with van der Waals surface area (Å²) in [5.74, 6) is 1.62. The van der Waals surface area contributed by atoms with Gasteiger partial charge in [0.2, 0.25) is 11.8 Å². The van der Waals surface area contributed by atoms with Crippen LogP contribution >= 0.6 is 0 Å². The van der Waals surface area contributed by atoms with Crippen LogP contribution in [0.5, 0.6) is 5.75 Å². The molecule has 7 nitrogen and oxygen atoms in total. The molecule has 1 amide bonds. The lowest BCUT2D eigenvalue weighted by molar-refractivity contribution is -0.121. The molecule has 0 spiro atoms. The highest BCUT2D eigenvalue weighted by Crippen LogP contribution is 2.18. The standard InChI is InChI=1S/C18H20N4O3/c1-3-24-15-8-6-14(7-9-15)11-19-17(23)12-22-10-4-5-16(22)18-21-20-13(2)25-18/h4-10H,3,11-12H2,1-2H3,(H,19,23). The number of carbonyl (C=O) groups is 1. The quantitative estimate of drug-likeness (QED) is 0.715. The molecule has 25 heavy (non-hydrogen) atoms. The third-order valence-electron chi connectivity index (χ3n) is 3.61. The summed E-state index contributed by atoms with van der Waals surface area (Å²) in [6.45, 7) is 4.95. The third kappa shape index (κ3) is 4.26. The first-order chi connectivity index (χ1) is 12.2. The van der Waals surface area contributed by atoms with Gasteiger partial charge >= 0.3 is 0 Å². The summed E-state index contributed by atoms with van der Waals surface area (Å²) in [7, 11) is 0. The van der Waals surface area contributed by atoms with E-state index in [1.807, 2.05) is 49.5 Å². The number of aromatic nitrogens is 3. The lowest BCUT2D eigenvalue weighted by Gasteiger charge is -2.09. The molecule has 0 aliphatic carbocycles. The zero-order chi connectivity index (χ0) is 17.6. The number of ether oxygens (including phenoxy) is 1. The van der Waals surface area contributed by atoms with Crippen LogP contribution in [0.3, 0.4) is 0 Å². The molecule has 130 valence electrons. The fourth-order valence-electron chi connectivity index (χ4n) is 2.43. The van der Waals surface area contributed by atoms with Crippen LogP contribution in [0.25, 0.3) is 11.6 Å². The Hall–Kier alpha value is -3.09. The van der Waals surface area contributed by atoms with E-state index in [1.54, 1.807) is 11.5 Å². The summed E-state index contributed by atoms with van der Waals surface area (Å²) < 4.78 is 12.6. The van der Waals surface area contributed by atoms with Crippen LogP contribution in [0, 0.1) is 6.92 Å². The Morgan fingerprint density at radius 1 is 1.24 bits per heavy atom. The molecule has 3 aromatic rings. The number of nitrogens with one attached hydrogen (secondary N) is 1. The Kier molecular flexibility index (Phi) is 5.13. The number of nitrogens with zero attached hydrogens (tertiary/aromatic N) is 3. The Balaban J connectivity index is 1.57. The minimum absolute atomic E-state index is 0.0948. The van der Waals surface area contributed by atoms with E-state index in [4.69, 9.17) is 9.15 Å². The Morgan fingerprint density at radius 2 is 2.04 bits per heavy atom. The summed E-state index contributed by atoms with van der Waals surface area (Å²) in [6, 6.07) is 11.3. The molecule has 0 fully saturated rings. The smallest absolute Gasteiger partial charge is 0.264 e. The molecule has 0 aliphatic heterocycles. The van der Waals surface area contributed by atoms with Gasteiger partial charge in [-0.05, 0) is 36.8 Å². The molecule has 0 aliphatic rings. The van der Waals surface area contributed by atoms with Gasteiger partial charge in [-0.15, -0.1) is 10.2 Å². The lowest BCUT2D eigenvalue weighted by Crippen LogP contribution is -2.27. The van der Waals surface area contributed by atoms with Crippen LogP contribution in [-0.2, 0) is 17.9 Å². The van der Waals surface area contributed by atoms with E-state index in [9.17, 15) is 4.79 Å². The number of hydrogen-bond acceptors (Lipinski definition) is 5. The molecule has 7 heteroatoms. The minimum atomic E-state index is -0.0948. The Bertz CT molecular complexity index is 836. The van der Waals surface area contributed by atoms with Crippen molar-refractivity contribution in [2.45, 2.75) is 26.9 Å². The van der Waals surface area contributed by atoms with Gasteiger partial charge in [0.05, 0.1) is 6.61 Å². The summed E-state index contributed by atoms with van der Waals surface area (Å²) >= 11 is 0. The molecule has 2 aromatic heterocycles. The summed E-state index contributed by atoms with van der Waals surface area (Å²) in [5.41, 5.74) is 1.73. The van der Waals surface area contributed by atoms with Crippen molar-refractivity contribution in [3.8, 4) is 17.3 Å². The van der Waals surface area contributed by atoms with Gasteiger partial charge in [-0.25, -0.2) is 0 Å². The van der Waals surface area contributed by atoms with Gasteiger partial charge in [0.15, 0.2) is 0 Å². The first kappa shape index (κ1) is 16.8. The van der Waals surface area contributed by atoms with Crippen LogP contribution in [0.1, 0.15) is 18.4 Å². The Labute approximate surface area is 145 Å². The maximum atomic E-state index is 12.2. The van der Waals surface area contributed by atoms with E-state index in [2.05, 4.69) is 15.5 Å². The topological polar surface area (TPSA) is 82.2 Å². The number of aryl methyl sites for hydroxylation is 1. The van der Waals surface area contributed by atoms with Gasteiger partial charge in [0.1, 0.15) is 18.0 Å². The first-order valence-corrected chi connectivity index (χ1v) is 8.09. The number of carbonyl (C=O) groups excluding carboxylic acids is 1. The van der Waals surface area contributed by atoms with Crippen LogP contribution in [0.4, 0.5) is 0 Å². The van der Waals surface area contributed by atoms with E-state index in [0.717, 1.165) is 17.0 Å². The Morgan fingerprint density at radius 3 is 2.72 bits per heavy atom. The average Bonchev–Trinajstić information content (AvgIpc) is 3.23. The van der Waals surface area contributed by atoms with E-state index in [0.29, 0.717) is 24.9 Å². The van der Waals surface area contributed by atoms with Gasteiger partial charge < -0.3 is 19.0 Å².